The summed E-state index contributed by atoms with van der Waals surface area (Å²) >= 11 is 0. The minimum atomic E-state index is -1.43. The number of benzene rings is 2. The average Bonchev–Trinajstić information content (AvgIpc) is 3.00. The predicted octanol–water partition coefficient (Wildman–Crippen LogP) is 1.90. The number of nitrogens with zero attached hydrogens (tertiary/aromatic N) is 1. The summed E-state index contributed by atoms with van der Waals surface area (Å²) in [6.07, 6.45) is 0.391. The highest BCUT2D eigenvalue weighted by Crippen LogP contribution is 2.39. The summed E-state index contributed by atoms with van der Waals surface area (Å²) in [4.78, 5) is 39.6. The van der Waals surface area contributed by atoms with Crippen LogP contribution in [0, 0.1) is 0 Å². The third kappa shape index (κ3) is 2.32. The van der Waals surface area contributed by atoms with Crippen LogP contribution in [0.15, 0.2) is 48.5 Å². The maximum atomic E-state index is 13.1. The first-order valence-corrected chi connectivity index (χ1v) is 8.25. The van der Waals surface area contributed by atoms with E-state index < -0.39 is 11.6 Å². The predicted molar refractivity (Wildman–Crippen MR) is 95.0 cm³/mol. The molecule has 1 atom stereocenters. The van der Waals surface area contributed by atoms with Crippen LogP contribution in [0.1, 0.15) is 23.2 Å². The van der Waals surface area contributed by atoms with Gasteiger partial charge in [0.15, 0.2) is 0 Å². The van der Waals surface area contributed by atoms with E-state index >= 15 is 0 Å². The van der Waals surface area contributed by atoms with Crippen LogP contribution in [0.4, 0.5) is 11.4 Å². The number of fused-ring (bicyclic) bond motifs is 3. The molecule has 0 saturated carbocycles. The maximum Gasteiger partial charge on any atom is 0.271 e. The van der Waals surface area contributed by atoms with Gasteiger partial charge in [-0.1, -0.05) is 18.2 Å². The maximum absolute atomic E-state index is 13.1. The van der Waals surface area contributed by atoms with Crippen LogP contribution in [-0.2, 0) is 9.59 Å². The first-order valence-electron chi connectivity index (χ1n) is 8.25. The van der Waals surface area contributed by atoms with Crippen LogP contribution in [0.5, 0.6) is 5.75 Å². The summed E-state index contributed by atoms with van der Waals surface area (Å²) in [7, 11) is 1.54. The number of para-hydroxylation sites is 1. The highest BCUT2D eigenvalue weighted by molar-refractivity contribution is 6.18. The van der Waals surface area contributed by atoms with Crippen LogP contribution in [0.25, 0.3) is 0 Å². The van der Waals surface area contributed by atoms with Gasteiger partial charge in [0.05, 0.1) is 18.4 Å². The topological polar surface area (TPSA) is 87.7 Å². The Morgan fingerprint density at radius 1 is 1.19 bits per heavy atom. The second-order valence-corrected chi connectivity index (χ2v) is 6.25. The third-order valence-corrected chi connectivity index (χ3v) is 4.74. The van der Waals surface area contributed by atoms with Crippen molar-refractivity contribution < 1.29 is 19.1 Å². The molecule has 7 nitrogen and oxygen atoms in total. The molecule has 7 heteroatoms. The lowest BCUT2D eigenvalue weighted by atomic mass is 9.98. The summed E-state index contributed by atoms with van der Waals surface area (Å²) in [5.74, 6) is -0.428. The third-order valence-electron chi connectivity index (χ3n) is 4.74. The molecular weight excluding hydrogens is 334 g/mol. The highest BCUT2D eigenvalue weighted by Gasteiger charge is 2.56. The molecule has 2 aromatic rings. The Morgan fingerprint density at radius 2 is 2.00 bits per heavy atom. The average molecular weight is 351 g/mol. The van der Waals surface area contributed by atoms with Gasteiger partial charge in [0.2, 0.25) is 11.6 Å². The largest absolute Gasteiger partial charge is 0.497 e. The molecule has 132 valence electrons. The lowest BCUT2D eigenvalue weighted by molar-refractivity contribution is -0.124. The minimum absolute atomic E-state index is 0.181. The molecular formula is C19H17N3O4. The molecule has 2 N–H and O–H groups in total. The number of nitrogens with one attached hydrogen (secondary N) is 2. The van der Waals surface area contributed by atoms with Crippen molar-refractivity contribution in [3.8, 4) is 5.75 Å². The fourth-order valence-corrected chi connectivity index (χ4v) is 3.51. The molecule has 2 aliphatic heterocycles. The number of hydrogen-bond acceptors (Lipinski definition) is 4. The van der Waals surface area contributed by atoms with E-state index in [-0.39, 0.29) is 24.7 Å². The van der Waals surface area contributed by atoms with Gasteiger partial charge in [-0.25, -0.2) is 0 Å². The number of carbonyl (C=O) groups is 3. The second kappa shape index (κ2) is 5.87. The van der Waals surface area contributed by atoms with Crippen LogP contribution in [0.2, 0.25) is 0 Å². The van der Waals surface area contributed by atoms with Gasteiger partial charge in [0, 0.05) is 24.6 Å². The van der Waals surface area contributed by atoms with Crippen molar-refractivity contribution in [2.45, 2.75) is 18.5 Å². The molecule has 0 unspecified atom stereocenters. The Kier molecular flexibility index (Phi) is 3.64. The fourth-order valence-electron chi connectivity index (χ4n) is 3.51. The summed E-state index contributed by atoms with van der Waals surface area (Å²) < 4.78 is 5.16. The summed E-state index contributed by atoms with van der Waals surface area (Å²) in [6.45, 7) is 0. The standard InChI is InChI=1S/C19H17N3O4/c1-26-13-6-4-5-12(11-13)20-18(25)19-10-9-16(23)22(19)15-8-3-2-7-14(15)17(24)21-19/h2-8,11H,9-10H2,1H3,(H,20,25)(H,21,24)/t19-/m0/s1. The SMILES string of the molecule is COc1cccc(NC(=O)[C@]23CCC(=O)N2c2ccccc2C(=O)N3)c1. The first kappa shape index (κ1) is 16.1. The number of amides is 3. The van der Waals surface area contributed by atoms with E-state index in [1.807, 2.05) is 0 Å². The highest BCUT2D eigenvalue weighted by atomic mass is 16.5. The van der Waals surface area contributed by atoms with Crippen LogP contribution < -0.4 is 20.3 Å². The number of methoxy groups -OCH3 is 1. The van der Waals surface area contributed by atoms with Gasteiger partial charge in [-0.3, -0.25) is 19.3 Å². The lowest BCUT2D eigenvalue weighted by Gasteiger charge is -2.41. The fraction of sp³-hybridized carbons (Fsp3) is 0.211. The van der Waals surface area contributed by atoms with Crippen molar-refractivity contribution in [1.82, 2.24) is 5.32 Å². The molecule has 3 amide bonds. The molecule has 0 radical (unpaired) electrons. The van der Waals surface area contributed by atoms with E-state index in [0.717, 1.165) is 0 Å². The van der Waals surface area contributed by atoms with E-state index in [9.17, 15) is 14.4 Å². The van der Waals surface area contributed by atoms with E-state index in [1.54, 1.807) is 48.5 Å². The molecule has 1 saturated heterocycles. The van der Waals surface area contributed by atoms with Crippen LogP contribution in [0.3, 0.4) is 0 Å². The van der Waals surface area contributed by atoms with Crippen molar-refractivity contribution in [2.24, 2.45) is 0 Å². The Hall–Kier alpha value is -3.35. The number of rotatable bonds is 3. The van der Waals surface area contributed by atoms with Gasteiger partial charge in [0.1, 0.15) is 5.75 Å². The first-order chi connectivity index (χ1) is 12.5. The van der Waals surface area contributed by atoms with E-state index in [1.165, 1.54) is 12.0 Å². The van der Waals surface area contributed by atoms with Gasteiger partial charge in [0.25, 0.3) is 11.8 Å². The smallest absolute Gasteiger partial charge is 0.271 e. The molecule has 2 aliphatic rings. The number of carbonyl (C=O) groups excluding carboxylic acids is 3. The molecule has 26 heavy (non-hydrogen) atoms. The minimum Gasteiger partial charge on any atom is -0.497 e. The number of anilines is 2. The second-order valence-electron chi connectivity index (χ2n) is 6.25. The molecule has 1 fully saturated rings. The van der Waals surface area contributed by atoms with Gasteiger partial charge in [-0.15, -0.1) is 0 Å². The van der Waals surface area contributed by atoms with E-state index in [0.29, 0.717) is 22.7 Å². The molecule has 0 spiro atoms. The zero-order valence-electron chi connectivity index (χ0n) is 14.1. The van der Waals surface area contributed by atoms with Crippen LogP contribution >= 0.6 is 0 Å². The molecule has 0 bridgehead atoms. The number of ether oxygens (including phenoxy) is 1. The Balaban J connectivity index is 1.73. The van der Waals surface area contributed by atoms with Gasteiger partial charge >= 0.3 is 0 Å². The van der Waals surface area contributed by atoms with E-state index in [2.05, 4.69) is 10.6 Å². The lowest BCUT2D eigenvalue weighted by Crippen LogP contribution is -2.68. The molecule has 0 aromatic heterocycles. The normalized spacial score (nSPS) is 20.9. The van der Waals surface area contributed by atoms with Crippen molar-refractivity contribution in [2.75, 3.05) is 17.3 Å². The number of hydrogen-bond donors (Lipinski definition) is 2. The molecule has 2 heterocycles. The molecule has 4 rings (SSSR count). The molecule has 2 aromatic carbocycles. The molecule has 0 aliphatic carbocycles. The van der Waals surface area contributed by atoms with Gasteiger partial charge in [-0.2, -0.15) is 0 Å². The quantitative estimate of drug-likeness (QED) is 0.884. The Labute approximate surface area is 149 Å². The zero-order valence-corrected chi connectivity index (χ0v) is 14.1. The Morgan fingerprint density at radius 3 is 2.81 bits per heavy atom. The van der Waals surface area contributed by atoms with Crippen molar-refractivity contribution >= 4 is 29.1 Å². The Bertz CT molecular complexity index is 927. The van der Waals surface area contributed by atoms with Gasteiger partial charge < -0.3 is 15.4 Å². The van der Waals surface area contributed by atoms with Crippen molar-refractivity contribution in [3.05, 3.63) is 54.1 Å². The van der Waals surface area contributed by atoms with Crippen molar-refractivity contribution in [1.29, 1.82) is 0 Å². The van der Waals surface area contributed by atoms with Crippen LogP contribution in [-0.4, -0.2) is 30.5 Å². The summed E-state index contributed by atoms with van der Waals surface area (Å²) in [6, 6.07) is 13.7. The summed E-state index contributed by atoms with van der Waals surface area (Å²) in [5, 5.41) is 5.54. The van der Waals surface area contributed by atoms with Gasteiger partial charge in [-0.05, 0) is 24.3 Å². The van der Waals surface area contributed by atoms with E-state index in [4.69, 9.17) is 4.74 Å². The zero-order chi connectivity index (χ0) is 18.3. The van der Waals surface area contributed by atoms with Crippen molar-refractivity contribution in [3.63, 3.8) is 0 Å². The monoisotopic (exact) mass is 351 g/mol. The summed E-state index contributed by atoms with van der Waals surface area (Å²) in [5.41, 5.74) is -0.0609.